The maximum Gasteiger partial charge on any atom is 0.416 e. The number of rotatable bonds is 16. The van der Waals surface area contributed by atoms with E-state index >= 15 is 0 Å². The van der Waals surface area contributed by atoms with E-state index < -0.39 is 79.8 Å². The topological polar surface area (TPSA) is 199 Å². The molecule has 2 N–H and O–H groups in total. The molecule has 0 unspecified atom stereocenters. The predicted octanol–water partition coefficient (Wildman–Crippen LogP) is 14.1. The van der Waals surface area contributed by atoms with Crippen molar-refractivity contribution in [2.45, 2.75) is 108 Å². The van der Waals surface area contributed by atoms with Crippen LogP contribution in [0.5, 0.6) is 0 Å². The number of aromatic nitrogens is 6. The lowest BCUT2D eigenvalue weighted by molar-refractivity contribution is -0.139. The highest BCUT2D eigenvalue weighted by Crippen LogP contribution is 2.45. The molecular weight excluding hydrogens is 1160 g/mol. The van der Waals surface area contributed by atoms with E-state index in [0.29, 0.717) is 66.3 Å². The number of H-pyrrole nitrogens is 1. The molecule has 6 aromatic heterocycles. The van der Waals surface area contributed by atoms with E-state index in [0.717, 1.165) is 24.3 Å². The van der Waals surface area contributed by atoms with Crippen LogP contribution in [0.3, 0.4) is 0 Å². The second kappa shape index (κ2) is 23.3. The van der Waals surface area contributed by atoms with Crippen LogP contribution in [0.1, 0.15) is 107 Å². The minimum Gasteiger partial charge on any atom is -0.363 e. The third-order valence-electron chi connectivity index (χ3n) is 14.1. The van der Waals surface area contributed by atoms with Crippen LogP contribution >= 0.6 is 23.2 Å². The predicted molar refractivity (Wildman–Crippen MR) is 302 cm³/mol. The zero-order valence-corrected chi connectivity index (χ0v) is 49.7. The van der Waals surface area contributed by atoms with Crippen LogP contribution in [0.25, 0.3) is 22.1 Å². The highest BCUT2D eigenvalue weighted by atomic mass is 35.5. The van der Waals surface area contributed by atoms with Gasteiger partial charge in [0.2, 0.25) is 11.6 Å². The van der Waals surface area contributed by atoms with E-state index in [9.17, 15) is 52.8 Å². The second-order valence-corrected chi connectivity index (χ2v) is 30.3. The number of pyridine rings is 4. The Morgan fingerprint density at radius 2 is 1.17 bits per heavy atom. The number of methoxy groups -OCH3 is 1. The molecule has 0 saturated carbocycles. The molecule has 8 aromatic rings. The van der Waals surface area contributed by atoms with Gasteiger partial charge < -0.3 is 14.0 Å². The molecule has 6 heterocycles. The molecule has 430 valence electrons. The van der Waals surface area contributed by atoms with E-state index in [1.165, 1.54) is 51.7 Å². The number of aryl methyl sites for hydroxylation is 4. The molecule has 0 radical (unpaired) electrons. The van der Waals surface area contributed by atoms with E-state index in [4.69, 9.17) is 32.9 Å². The summed E-state index contributed by atoms with van der Waals surface area (Å²) in [5.41, 5.74) is 0.240. The summed E-state index contributed by atoms with van der Waals surface area (Å²) in [6, 6.07) is 11.3. The van der Waals surface area contributed by atoms with Gasteiger partial charge >= 0.3 is 12.4 Å². The van der Waals surface area contributed by atoms with Gasteiger partial charge in [-0.1, -0.05) is 76.9 Å². The monoisotopic (exact) mass is 1220 g/mol. The van der Waals surface area contributed by atoms with Gasteiger partial charge in [-0.25, -0.2) is 41.1 Å². The number of ketones is 2. The number of sulfonamides is 2. The first-order valence-electron chi connectivity index (χ1n) is 24.9. The Labute approximate surface area is 475 Å². The van der Waals surface area contributed by atoms with Gasteiger partial charge in [0.25, 0.3) is 20.0 Å². The van der Waals surface area contributed by atoms with Crippen molar-refractivity contribution in [2.75, 3.05) is 22.9 Å². The van der Waals surface area contributed by atoms with Crippen molar-refractivity contribution in [3.05, 3.63) is 164 Å². The van der Waals surface area contributed by atoms with Crippen molar-refractivity contribution in [1.29, 1.82) is 0 Å². The molecule has 0 aliphatic heterocycles. The Balaban J connectivity index is 0.000000246. The van der Waals surface area contributed by atoms with Crippen molar-refractivity contribution >= 4 is 96.5 Å². The highest BCUT2D eigenvalue weighted by molar-refractivity contribution is 7.93. The first-order valence-corrected chi connectivity index (χ1v) is 30.8. The van der Waals surface area contributed by atoms with Crippen LogP contribution in [0.2, 0.25) is 26.7 Å². The number of anilines is 2. The number of halogens is 8. The van der Waals surface area contributed by atoms with Crippen molar-refractivity contribution < 1.29 is 57.5 Å². The third-order valence-corrected chi connectivity index (χ3v) is 24.4. The number of ether oxygens (including phenoxy) is 1. The fourth-order valence-electron chi connectivity index (χ4n) is 10.6. The number of carbonyl (C=O) groups is 2. The summed E-state index contributed by atoms with van der Waals surface area (Å²) in [6.07, 6.45) is -0.442. The lowest BCUT2D eigenvalue weighted by Gasteiger charge is -2.44. The summed E-state index contributed by atoms with van der Waals surface area (Å²) >= 11 is 12.3. The van der Waals surface area contributed by atoms with Crippen LogP contribution in [-0.2, 0) is 37.1 Å². The average molecular weight is 1220 g/mol. The van der Waals surface area contributed by atoms with Crippen LogP contribution in [0, 0.1) is 27.7 Å². The minimum absolute atomic E-state index is 0.0112. The zero-order valence-electron chi connectivity index (χ0n) is 45.6. The van der Waals surface area contributed by atoms with Crippen molar-refractivity contribution in [2.24, 2.45) is 0 Å². The van der Waals surface area contributed by atoms with Crippen molar-refractivity contribution in [3.63, 3.8) is 0 Å². The summed E-state index contributed by atoms with van der Waals surface area (Å²) in [4.78, 5) is 46.9. The first kappa shape index (κ1) is 61.9. The summed E-state index contributed by atoms with van der Waals surface area (Å²) in [5, 5.41) is 1.12. The van der Waals surface area contributed by atoms with E-state index in [2.05, 4.69) is 70.4 Å². The van der Waals surface area contributed by atoms with Gasteiger partial charge in [-0.15, -0.1) is 0 Å². The second-order valence-electron chi connectivity index (χ2n) is 20.2. The zero-order chi connectivity index (χ0) is 60.1. The van der Waals surface area contributed by atoms with Gasteiger partial charge in [0, 0.05) is 60.0 Å². The Morgan fingerprint density at radius 1 is 0.667 bits per heavy atom. The molecular formula is C55H56Cl2F6N8O7S2Si. The maximum absolute atomic E-state index is 14.5. The third kappa shape index (κ3) is 12.0. The first-order chi connectivity index (χ1) is 37.7. The van der Waals surface area contributed by atoms with Crippen LogP contribution in [0.15, 0.2) is 108 Å². The molecule has 0 aliphatic rings. The van der Waals surface area contributed by atoms with Crippen molar-refractivity contribution in [1.82, 2.24) is 29.2 Å². The molecule has 0 bridgehead atoms. The number of nitrogens with zero attached hydrogens (tertiary/aromatic N) is 6. The number of aromatic amines is 1. The van der Waals surface area contributed by atoms with Gasteiger partial charge in [0.05, 0.1) is 42.3 Å². The number of alkyl halides is 6. The van der Waals surface area contributed by atoms with Gasteiger partial charge in [0.15, 0.2) is 8.24 Å². The van der Waals surface area contributed by atoms with Gasteiger partial charge in [0.1, 0.15) is 29.4 Å². The molecule has 0 amide bonds. The molecule has 15 nitrogen and oxygen atoms in total. The molecule has 0 atom stereocenters. The summed E-state index contributed by atoms with van der Waals surface area (Å²) < 4.78 is 146. The Hall–Kier alpha value is -6.70. The molecule has 0 spiro atoms. The largest absolute Gasteiger partial charge is 0.416 e. The fraction of sp³-hybridized carbons (Fsp3) is 0.309. The molecule has 2 aromatic carbocycles. The van der Waals surface area contributed by atoms with Crippen LogP contribution in [-0.4, -0.2) is 79.6 Å². The standard InChI is InChI=1S/C33H40ClF3N4O4SSi.C22H16ClF3N4O3S/c1-19(2)47(20(3)4,21(5)6)41-13-12-26-29(23(8)16-39-32(26)41)31(42)30-28(14-24(34)17-38-30)40(18-45-9)46(43,44)25-11-10-22(7)27(15-25)33(35,36)37;1-11-3-4-14(8-16(11)22(24,25)26)34(32,33)30-17-7-13(23)10-28-19(17)20(31)18-12(2)9-29-21-15(18)5-6-27-21/h10-17,19-21H,18H2,1-9H3;3-10,30H,1-2H3,(H,27,29). The number of benzene rings is 2. The van der Waals surface area contributed by atoms with Crippen LogP contribution in [0.4, 0.5) is 37.7 Å². The van der Waals surface area contributed by atoms with E-state index in [1.54, 1.807) is 32.3 Å². The smallest absolute Gasteiger partial charge is 0.363 e. The highest BCUT2D eigenvalue weighted by Gasteiger charge is 2.46. The Kier molecular flexibility index (Phi) is 17.8. The number of fused-ring (bicyclic) bond motifs is 2. The molecule has 8 rings (SSSR count). The number of nitrogens with one attached hydrogen (secondary N) is 2. The number of hydrogen-bond donors (Lipinski definition) is 2. The van der Waals surface area contributed by atoms with E-state index in [-0.39, 0.29) is 55.1 Å². The van der Waals surface area contributed by atoms with Crippen LogP contribution < -0.4 is 9.03 Å². The quantitative estimate of drug-likeness (QED) is 0.0404. The van der Waals surface area contributed by atoms with Gasteiger partial charge in [-0.05, 0) is 121 Å². The summed E-state index contributed by atoms with van der Waals surface area (Å²) in [6.45, 7) is 18.6. The Bertz CT molecular complexity index is 3960. The fourth-order valence-corrected chi connectivity index (χ4v) is 20.0. The van der Waals surface area contributed by atoms with Crippen molar-refractivity contribution in [3.8, 4) is 0 Å². The Morgan fingerprint density at radius 3 is 1.73 bits per heavy atom. The SMILES string of the molecule is COCN(c1cc(Cl)cnc1C(=O)c1c(C)cnc2c1ccn2[Si](C(C)C)(C(C)C)C(C)C)S(=O)(=O)c1ccc(C)c(C(F)(F)F)c1.Cc1ccc(S(=O)(=O)Nc2cc(Cl)cnc2C(=O)c2c(C)cnc3[nH]ccc23)cc1C(F)(F)F. The number of hydrogen-bond acceptors (Lipinski definition) is 11. The summed E-state index contributed by atoms with van der Waals surface area (Å²) in [7, 11) is -10.3. The molecule has 0 aliphatic carbocycles. The molecule has 81 heavy (non-hydrogen) atoms. The lowest BCUT2D eigenvalue weighted by atomic mass is 10.00. The van der Waals surface area contributed by atoms with E-state index in [1.807, 2.05) is 12.3 Å². The minimum atomic E-state index is -4.79. The number of carbonyl (C=O) groups excluding carboxylic acids is 2. The summed E-state index contributed by atoms with van der Waals surface area (Å²) in [5.74, 6) is -1.21. The van der Waals surface area contributed by atoms with Gasteiger partial charge in [-0.2, -0.15) is 26.3 Å². The molecule has 26 heteroatoms. The molecule has 0 fully saturated rings. The normalized spacial score (nSPS) is 12.6. The average Bonchev–Trinajstić information content (AvgIpc) is 4.24. The van der Waals surface area contributed by atoms with Gasteiger partial charge in [-0.3, -0.25) is 14.3 Å². The maximum atomic E-state index is 14.5. The lowest BCUT2D eigenvalue weighted by Crippen LogP contribution is -2.51. The molecule has 0 saturated heterocycles.